The van der Waals surface area contributed by atoms with Gasteiger partial charge in [-0.15, -0.1) is 0 Å². The van der Waals surface area contributed by atoms with Gasteiger partial charge < -0.3 is 14.6 Å². The maximum absolute atomic E-state index is 15.1. The summed E-state index contributed by atoms with van der Waals surface area (Å²) in [7, 11) is 2.13. The second-order valence-corrected chi connectivity index (χ2v) is 11.5. The van der Waals surface area contributed by atoms with E-state index in [0.29, 0.717) is 42.0 Å². The smallest absolute Gasteiger partial charge is 0.224 e. The number of benzene rings is 1. The number of pyridine rings is 1. The lowest BCUT2D eigenvalue weighted by Crippen LogP contribution is -2.36. The number of piperidine rings is 1. The van der Waals surface area contributed by atoms with Crippen molar-refractivity contribution in [3.8, 4) is 11.3 Å². The third-order valence-corrected chi connectivity index (χ3v) is 8.65. The predicted molar refractivity (Wildman–Crippen MR) is 148 cm³/mol. The van der Waals surface area contributed by atoms with Crippen LogP contribution in [0, 0.1) is 24.1 Å². The Hall–Kier alpha value is -3.13. The zero-order valence-corrected chi connectivity index (χ0v) is 23.3. The SMILES string of the molecule is CCC(=O)CCCCC[C@H](NC(=O)[C@H]1CC12CCN(C)CC2)c1ncc(-c2cc3ccc(C)nc3cc2F)o1. The van der Waals surface area contributed by atoms with Crippen LogP contribution in [0.2, 0.25) is 0 Å². The number of amides is 1. The number of aromatic nitrogens is 2. The van der Waals surface area contributed by atoms with Crippen molar-refractivity contribution in [2.45, 2.75) is 77.7 Å². The van der Waals surface area contributed by atoms with E-state index in [-0.39, 0.29) is 23.0 Å². The molecule has 1 amide bonds. The Morgan fingerprint density at radius 3 is 2.77 bits per heavy atom. The number of rotatable bonds is 11. The molecule has 1 aliphatic carbocycles. The van der Waals surface area contributed by atoms with Gasteiger partial charge in [-0.3, -0.25) is 14.6 Å². The van der Waals surface area contributed by atoms with Crippen LogP contribution in [0.3, 0.4) is 0 Å². The summed E-state index contributed by atoms with van der Waals surface area (Å²) >= 11 is 0. The highest BCUT2D eigenvalue weighted by molar-refractivity contribution is 5.84. The molecule has 2 aromatic heterocycles. The highest BCUT2D eigenvalue weighted by Crippen LogP contribution is 2.59. The number of halogens is 1. The van der Waals surface area contributed by atoms with E-state index in [4.69, 9.17) is 4.42 Å². The van der Waals surface area contributed by atoms with Gasteiger partial charge in [-0.25, -0.2) is 9.37 Å². The minimum Gasteiger partial charge on any atom is -0.438 e. The van der Waals surface area contributed by atoms with E-state index in [2.05, 4.69) is 27.2 Å². The fourth-order valence-corrected chi connectivity index (χ4v) is 5.90. The fraction of sp³-hybridized carbons (Fsp3) is 0.548. The van der Waals surface area contributed by atoms with Crippen molar-refractivity contribution in [3.05, 3.63) is 47.9 Å². The number of nitrogens with one attached hydrogen (secondary N) is 1. The Kier molecular flexibility index (Phi) is 8.12. The van der Waals surface area contributed by atoms with Crippen LogP contribution in [0.1, 0.15) is 82.3 Å². The van der Waals surface area contributed by atoms with Crippen molar-refractivity contribution in [2.24, 2.45) is 11.3 Å². The van der Waals surface area contributed by atoms with E-state index in [9.17, 15) is 9.59 Å². The van der Waals surface area contributed by atoms with Gasteiger partial charge in [-0.2, -0.15) is 0 Å². The maximum atomic E-state index is 15.1. The first kappa shape index (κ1) is 27.4. The van der Waals surface area contributed by atoms with Crippen LogP contribution in [0.4, 0.5) is 4.39 Å². The molecule has 1 spiro atoms. The van der Waals surface area contributed by atoms with Gasteiger partial charge in [-0.1, -0.05) is 25.8 Å². The summed E-state index contributed by atoms with van der Waals surface area (Å²) in [5, 5.41) is 4.04. The summed E-state index contributed by atoms with van der Waals surface area (Å²) in [4.78, 5) is 36.2. The number of carbonyl (C=O) groups excluding carboxylic acids is 2. The Morgan fingerprint density at radius 1 is 1.21 bits per heavy atom. The molecule has 39 heavy (non-hydrogen) atoms. The van der Waals surface area contributed by atoms with Crippen LogP contribution in [-0.2, 0) is 9.59 Å². The van der Waals surface area contributed by atoms with Gasteiger partial charge in [0.1, 0.15) is 17.6 Å². The molecular weight excluding hydrogens is 495 g/mol. The standard InChI is InChI=1S/C31H39FN4O3/c1-4-22(37)8-6-5-7-9-26(35-29(38)24-18-31(24)12-14-36(3)15-13-31)30-33-19-28(39-30)23-16-21-11-10-20(2)34-27(21)17-25(23)32/h10-11,16-17,19,24,26H,4-9,12-15,18H2,1-3H3,(H,35,38)/t24-,26+/m1/s1. The number of hydrogen-bond acceptors (Lipinski definition) is 6. The van der Waals surface area contributed by atoms with Crippen LogP contribution in [0.5, 0.6) is 0 Å². The number of ketones is 1. The summed E-state index contributed by atoms with van der Waals surface area (Å²) in [6, 6.07) is 6.56. The fourth-order valence-electron chi connectivity index (χ4n) is 5.90. The number of hydrogen-bond donors (Lipinski definition) is 1. The van der Waals surface area contributed by atoms with Crippen LogP contribution in [0.25, 0.3) is 22.2 Å². The summed E-state index contributed by atoms with van der Waals surface area (Å²) in [5.74, 6) is 0.658. The quantitative estimate of drug-likeness (QED) is 0.297. The summed E-state index contributed by atoms with van der Waals surface area (Å²) in [5.41, 5.74) is 1.87. The molecule has 2 fully saturated rings. The average molecular weight is 535 g/mol. The number of likely N-dealkylation sites (tertiary alicyclic amines) is 1. The molecule has 0 bridgehead atoms. The van der Waals surface area contributed by atoms with Crippen molar-refractivity contribution < 1.29 is 18.4 Å². The normalized spacial score (nSPS) is 19.3. The first-order valence-corrected chi connectivity index (χ1v) is 14.3. The number of unbranched alkanes of at least 4 members (excludes halogenated alkanes) is 2. The van der Waals surface area contributed by atoms with Gasteiger partial charge in [0.15, 0.2) is 5.76 Å². The molecule has 0 unspecified atom stereocenters. The van der Waals surface area contributed by atoms with Crippen LogP contribution in [0.15, 0.2) is 34.9 Å². The number of oxazole rings is 1. The van der Waals surface area contributed by atoms with Crippen LogP contribution in [-0.4, -0.2) is 46.7 Å². The van der Waals surface area contributed by atoms with Crippen molar-refractivity contribution in [1.29, 1.82) is 0 Å². The molecule has 1 saturated heterocycles. The van der Waals surface area contributed by atoms with E-state index in [1.807, 2.05) is 26.0 Å². The van der Waals surface area contributed by atoms with Crippen molar-refractivity contribution in [2.75, 3.05) is 20.1 Å². The number of carbonyl (C=O) groups is 2. The van der Waals surface area contributed by atoms with Crippen molar-refractivity contribution in [3.63, 3.8) is 0 Å². The van der Waals surface area contributed by atoms with Gasteiger partial charge in [0.2, 0.25) is 11.8 Å². The number of nitrogens with zero attached hydrogens (tertiary/aromatic N) is 3. The second-order valence-electron chi connectivity index (χ2n) is 11.5. The summed E-state index contributed by atoms with van der Waals surface area (Å²) in [6.45, 7) is 5.82. The minimum absolute atomic E-state index is 0.0270. The molecule has 2 atom stereocenters. The van der Waals surface area contributed by atoms with E-state index >= 15 is 4.39 Å². The second kappa shape index (κ2) is 11.5. The third kappa shape index (κ3) is 6.21. The third-order valence-electron chi connectivity index (χ3n) is 8.65. The van der Waals surface area contributed by atoms with E-state index < -0.39 is 11.9 Å². The molecule has 3 aromatic rings. The maximum Gasteiger partial charge on any atom is 0.224 e. The molecule has 1 aliphatic heterocycles. The lowest BCUT2D eigenvalue weighted by Gasteiger charge is -2.30. The highest BCUT2D eigenvalue weighted by Gasteiger charge is 2.58. The van der Waals surface area contributed by atoms with Crippen LogP contribution >= 0.6 is 0 Å². The summed E-state index contributed by atoms with van der Waals surface area (Å²) in [6.07, 6.45) is 8.93. The largest absolute Gasteiger partial charge is 0.438 e. The lowest BCUT2D eigenvalue weighted by atomic mass is 9.91. The van der Waals surface area contributed by atoms with E-state index in [1.54, 1.807) is 6.07 Å². The molecule has 208 valence electrons. The Morgan fingerprint density at radius 2 is 2.00 bits per heavy atom. The zero-order valence-electron chi connectivity index (χ0n) is 23.3. The molecule has 1 saturated carbocycles. The van der Waals surface area contributed by atoms with E-state index in [0.717, 1.165) is 62.7 Å². The van der Waals surface area contributed by atoms with E-state index in [1.165, 1.54) is 12.3 Å². The van der Waals surface area contributed by atoms with Gasteiger partial charge in [0.05, 0.1) is 17.3 Å². The molecule has 7 nitrogen and oxygen atoms in total. The highest BCUT2D eigenvalue weighted by atomic mass is 19.1. The van der Waals surface area contributed by atoms with Crippen molar-refractivity contribution in [1.82, 2.24) is 20.2 Å². The number of aryl methyl sites for hydroxylation is 1. The molecular formula is C31H39FN4O3. The van der Waals surface area contributed by atoms with Gasteiger partial charge in [0.25, 0.3) is 0 Å². The zero-order chi connectivity index (χ0) is 27.6. The predicted octanol–water partition coefficient (Wildman–Crippen LogP) is 6.16. The first-order valence-electron chi connectivity index (χ1n) is 14.3. The van der Waals surface area contributed by atoms with Crippen LogP contribution < -0.4 is 5.32 Å². The molecule has 1 N–H and O–H groups in total. The van der Waals surface area contributed by atoms with Gasteiger partial charge in [0, 0.05) is 35.9 Å². The monoisotopic (exact) mass is 534 g/mol. The molecule has 3 heterocycles. The molecule has 0 radical (unpaired) electrons. The molecule has 1 aromatic carbocycles. The Labute approximate surface area is 229 Å². The minimum atomic E-state index is -0.424. The van der Waals surface area contributed by atoms with Crippen molar-refractivity contribution >= 4 is 22.6 Å². The van der Waals surface area contributed by atoms with Gasteiger partial charge >= 0.3 is 0 Å². The Bertz CT molecular complexity index is 1340. The summed E-state index contributed by atoms with van der Waals surface area (Å²) < 4.78 is 21.2. The molecule has 2 aliphatic rings. The Balaban J connectivity index is 1.31. The molecule has 5 rings (SSSR count). The number of Topliss-reactive ketones (excluding diaryl/α,β-unsaturated/α-hetero) is 1. The molecule has 8 heteroatoms. The topological polar surface area (TPSA) is 88.3 Å². The first-order chi connectivity index (χ1) is 18.8. The number of fused-ring (bicyclic) bond motifs is 1. The lowest BCUT2D eigenvalue weighted by molar-refractivity contribution is -0.124. The van der Waals surface area contributed by atoms with Gasteiger partial charge in [-0.05, 0) is 76.7 Å². The average Bonchev–Trinajstić information content (AvgIpc) is 3.40.